The highest BCUT2D eigenvalue weighted by molar-refractivity contribution is 5.60. The molecule has 0 radical (unpaired) electrons. The predicted molar refractivity (Wildman–Crippen MR) is 126 cm³/mol. The van der Waals surface area contributed by atoms with E-state index >= 15 is 0 Å². The van der Waals surface area contributed by atoms with Crippen molar-refractivity contribution in [3.8, 4) is 34.5 Å². The van der Waals surface area contributed by atoms with Gasteiger partial charge in [0.25, 0.3) is 0 Å². The lowest BCUT2D eigenvalue weighted by Gasteiger charge is -2.36. The van der Waals surface area contributed by atoms with Gasteiger partial charge in [0.2, 0.25) is 5.75 Å². The highest BCUT2D eigenvalue weighted by Gasteiger charge is 2.36. The number of hydrogen-bond acceptors (Lipinski definition) is 6. The van der Waals surface area contributed by atoms with Gasteiger partial charge in [0.15, 0.2) is 11.5 Å². The number of aromatic hydroxyl groups is 3. The molecular weight excluding hydrogens is 420 g/mol. The van der Waals surface area contributed by atoms with Crippen LogP contribution in [0.15, 0.2) is 36.4 Å². The summed E-state index contributed by atoms with van der Waals surface area (Å²) < 4.78 is 17.0. The van der Waals surface area contributed by atoms with E-state index in [-0.39, 0.29) is 29.1 Å². The lowest BCUT2D eigenvalue weighted by molar-refractivity contribution is 0.244. The van der Waals surface area contributed by atoms with Crippen LogP contribution in [0.25, 0.3) is 0 Å². The number of rotatable bonds is 5. The first-order chi connectivity index (χ1) is 15.8. The first-order valence-corrected chi connectivity index (χ1v) is 11.0. The van der Waals surface area contributed by atoms with Crippen LogP contribution in [0.5, 0.6) is 34.5 Å². The van der Waals surface area contributed by atoms with Crippen LogP contribution >= 0.6 is 0 Å². The minimum atomic E-state index is -0.126. The van der Waals surface area contributed by atoms with Crippen LogP contribution in [-0.2, 0) is 6.42 Å². The molecule has 1 aliphatic rings. The Morgan fingerprint density at radius 3 is 2.15 bits per heavy atom. The van der Waals surface area contributed by atoms with Gasteiger partial charge in [-0.3, -0.25) is 0 Å². The Balaban J connectivity index is 1.97. The van der Waals surface area contributed by atoms with Crippen LogP contribution in [0.3, 0.4) is 0 Å². The molecule has 0 amide bonds. The van der Waals surface area contributed by atoms with E-state index < -0.39 is 0 Å². The van der Waals surface area contributed by atoms with E-state index in [1.165, 1.54) is 14.2 Å². The van der Waals surface area contributed by atoms with Gasteiger partial charge in [0.05, 0.1) is 20.8 Å². The number of ether oxygens (including phenoxy) is 3. The summed E-state index contributed by atoms with van der Waals surface area (Å²) in [5, 5.41) is 31.2. The Labute approximate surface area is 194 Å². The fourth-order valence-electron chi connectivity index (χ4n) is 4.77. The van der Waals surface area contributed by atoms with E-state index in [2.05, 4.69) is 0 Å². The van der Waals surface area contributed by atoms with Gasteiger partial charge in [-0.05, 0) is 66.8 Å². The summed E-state index contributed by atoms with van der Waals surface area (Å²) in [4.78, 5) is 0. The first kappa shape index (κ1) is 22.6. The first-order valence-electron chi connectivity index (χ1n) is 11.0. The molecule has 174 valence electrons. The molecule has 0 saturated carbocycles. The molecule has 4 rings (SSSR count). The summed E-state index contributed by atoms with van der Waals surface area (Å²) in [6.45, 7) is 6.12. The van der Waals surface area contributed by atoms with E-state index in [4.69, 9.17) is 14.2 Å². The molecule has 0 bridgehead atoms. The van der Waals surface area contributed by atoms with Crippen LogP contribution in [0.4, 0.5) is 0 Å². The van der Waals surface area contributed by atoms with Crippen molar-refractivity contribution in [1.82, 2.24) is 0 Å². The number of hydrogen-bond donors (Lipinski definition) is 3. The topological polar surface area (TPSA) is 88.4 Å². The fraction of sp³-hybridized carbons (Fsp3) is 0.333. The molecule has 0 aliphatic carbocycles. The lowest BCUT2D eigenvalue weighted by atomic mass is 9.74. The standard InChI is InChI=1S/C27H30O6/c1-6-16-10-19-24(17-7-8-21(28)14(2)9-17)20(13-33-27(19)15(3)25(16)29)18-11-22(31-4)26(30)23(12-18)32-5/h7-12,20,24,28-30H,6,13H2,1-5H3. The average molecular weight is 451 g/mol. The summed E-state index contributed by atoms with van der Waals surface area (Å²) in [7, 11) is 3.01. The third-order valence-electron chi connectivity index (χ3n) is 6.63. The monoisotopic (exact) mass is 450 g/mol. The second-order valence-electron chi connectivity index (χ2n) is 8.50. The normalized spacial score (nSPS) is 17.2. The van der Waals surface area contributed by atoms with E-state index in [9.17, 15) is 15.3 Å². The third kappa shape index (κ3) is 3.80. The maximum absolute atomic E-state index is 10.7. The molecule has 2 unspecified atom stereocenters. The summed E-state index contributed by atoms with van der Waals surface area (Å²) in [6, 6.07) is 11.3. The number of methoxy groups -OCH3 is 2. The van der Waals surface area contributed by atoms with Crippen molar-refractivity contribution in [2.24, 2.45) is 0 Å². The molecule has 1 aliphatic heterocycles. The fourth-order valence-corrected chi connectivity index (χ4v) is 4.77. The Morgan fingerprint density at radius 2 is 1.58 bits per heavy atom. The van der Waals surface area contributed by atoms with Gasteiger partial charge in [-0.1, -0.05) is 19.1 Å². The number of phenols is 3. The second kappa shape index (κ2) is 8.77. The number of phenolic OH excluding ortho intramolecular Hbond substituents is 3. The largest absolute Gasteiger partial charge is 0.508 e. The molecule has 3 aromatic carbocycles. The van der Waals surface area contributed by atoms with Crippen molar-refractivity contribution in [3.05, 3.63) is 69.8 Å². The Bertz CT molecular complexity index is 1170. The molecule has 6 heteroatoms. The summed E-state index contributed by atoms with van der Waals surface area (Å²) in [5.41, 5.74) is 5.27. The van der Waals surface area contributed by atoms with Crippen LogP contribution < -0.4 is 14.2 Å². The molecule has 6 nitrogen and oxygen atoms in total. The maximum atomic E-state index is 10.7. The van der Waals surface area contributed by atoms with Crippen molar-refractivity contribution in [2.45, 2.75) is 39.0 Å². The Kier molecular flexibility index (Phi) is 6.02. The molecule has 0 fully saturated rings. The van der Waals surface area contributed by atoms with Crippen LogP contribution in [0.2, 0.25) is 0 Å². The average Bonchev–Trinajstić information content (AvgIpc) is 2.82. The van der Waals surface area contributed by atoms with Crippen molar-refractivity contribution in [3.63, 3.8) is 0 Å². The maximum Gasteiger partial charge on any atom is 0.200 e. The Morgan fingerprint density at radius 1 is 0.909 bits per heavy atom. The SMILES string of the molecule is CCc1cc2c(c(C)c1O)OCC(c1cc(OC)c(O)c(OC)c1)C2c1ccc(O)c(C)c1. The highest BCUT2D eigenvalue weighted by Crippen LogP contribution is 2.51. The summed E-state index contributed by atoms with van der Waals surface area (Å²) >= 11 is 0. The van der Waals surface area contributed by atoms with Crippen molar-refractivity contribution in [1.29, 1.82) is 0 Å². The van der Waals surface area contributed by atoms with Gasteiger partial charge in [0, 0.05) is 23.0 Å². The lowest BCUT2D eigenvalue weighted by Crippen LogP contribution is -2.26. The second-order valence-corrected chi connectivity index (χ2v) is 8.50. The number of fused-ring (bicyclic) bond motifs is 1. The molecular formula is C27H30O6. The quantitative estimate of drug-likeness (QED) is 0.488. The molecule has 0 spiro atoms. The zero-order chi connectivity index (χ0) is 23.9. The smallest absolute Gasteiger partial charge is 0.200 e. The number of aryl methyl sites for hydroxylation is 2. The van der Waals surface area contributed by atoms with Crippen LogP contribution in [-0.4, -0.2) is 36.1 Å². The van der Waals surface area contributed by atoms with Crippen LogP contribution in [0, 0.1) is 13.8 Å². The van der Waals surface area contributed by atoms with Gasteiger partial charge >= 0.3 is 0 Å². The molecule has 2 atom stereocenters. The minimum Gasteiger partial charge on any atom is -0.508 e. The van der Waals surface area contributed by atoms with Crippen LogP contribution in [0.1, 0.15) is 52.1 Å². The van der Waals surface area contributed by atoms with E-state index in [1.54, 1.807) is 6.07 Å². The zero-order valence-electron chi connectivity index (χ0n) is 19.6. The molecule has 33 heavy (non-hydrogen) atoms. The van der Waals surface area contributed by atoms with Crippen molar-refractivity contribution >= 4 is 0 Å². The Hall–Kier alpha value is -3.54. The highest BCUT2D eigenvalue weighted by atomic mass is 16.5. The summed E-state index contributed by atoms with van der Waals surface area (Å²) in [5.74, 6) is 1.56. The van der Waals surface area contributed by atoms with E-state index in [0.29, 0.717) is 30.3 Å². The summed E-state index contributed by atoms with van der Waals surface area (Å²) in [6.07, 6.45) is 0.687. The zero-order valence-corrected chi connectivity index (χ0v) is 19.6. The molecule has 3 N–H and O–H groups in total. The van der Waals surface area contributed by atoms with Crippen molar-refractivity contribution < 1.29 is 29.5 Å². The molecule has 1 heterocycles. The van der Waals surface area contributed by atoms with Gasteiger partial charge in [0.1, 0.15) is 17.2 Å². The van der Waals surface area contributed by atoms with Crippen molar-refractivity contribution in [2.75, 3.05) is 20.8 Å². The molecule has 3 aromatic rings. The van der Waals surface area contributed by atoms with E-state index in [0.717, 1.165) is 33.4 Å². The minimum absolute atomic E-state index is 0.0491. The molecule has 0 aromatic heterocycles. The van der Waals surface area contributed by atoms with Gasteiger partial charge in [-0.25, -0.2) is 0 Å². The van der Waals surface area contributed by atoms with E-state index in [1.807, 2.05) is 51.1 Å². The van der Waals surface area contributed by atoms with Gasteiger partial charge in [-0.15, -0.1) is 0 Å². The number of benzene rings is 3. The van der Waals surface area contributed by atoms with Gasteiger partial charge < -0.3 is 29.5 Å². The third-order valence-corrected chi connectivity index (χ3v) is 6.63. The predicted octanol–water partition coefficient (Wildman–Crippen LogP) is 5.31. The van der Waals surface area contributed by atoms with Gasteiger partial charge in [-0.2, -0.15) is 0 Å². The molecule has 0 saturated heterocycles.